The third kappa shape index (κ3) is 7.95. The van der Waals surface area contributed by atoms with Gasteiger partial charge in [-0.15, -0.1) is 0 Å². The fourth-order valence-corrected chi connectivity index (χ4v) is 2.74. The van der Waals surface area contributed by atoms with Crippen LogP contribution >= 0.6 is 58.6 Å². The lowest BCUT2D eigenvalue weighted by atomic mass is 10.2. The lowest BCUT2D eigenvalue weighted by molar-refractivity contribution is -0.117. The summed E-state index contributed by atoms with van der Waals surface area (Å²) in [5, 5.41) is 8.94. The smallest absolute Gasteiger partial charge is 0.245 e. The van der Waals surface area contributed by atoms with E-state index >= 15 is 0 Å². The van der Waals surface area contributed by atoms with E-state index in [1.165, 1.54) is 6.08 Å². The number of nitrogens with one attached hydrogen (secondary N) is 3. The summed E-state index contributed by atoms with van der Waals surface area (Å²) in [6, 6.07) is 16.3. The molecule has 9 heteroatoms. The van der Waals surface area contributed by atoms with E-state index in [1.54, 1.807) is 30.3 Å². The van der Waals surface area contributed by atoms with Crippen LogP contribution in [0.3, 0.4) is 0 Å². The Morgan fingerprint density at radius 1 is 1.04 bits per heavy atom. The van der Waals surface area contributed by atoms with E-state index in [2.05, 4.69) is 16.0 Å². The Morgan fingerprint density at radius 3 is 2.37 bits per heavy atom. The topological polar surface area (TPSA) is 53.2 Å². The maximum atomic E-state index is 12.2. The number of carbonyl (C=O) groups is 1. The minimum atomic E-state index is -1.84. The van der Waals surface area contributed by atoms with Gasteiger partial charge >= 0.3 is 0 Å². The third-order valence-corrected chi connectivity index (χ3v) is 4.31. The van der Waals surface area contributed by atoms with E-state index in [-0.39, 0.29) is 5.11 Å². The zero-order valence-corrected chi connectivity index (χ0v) is 17.6. The third-order valence-electron chi connectivity index (χ3n) is 3.20. The molecular weight excluding hydrogens is 448 g/mol. The first-order valence-corrected chi connectivity index (χ1v) is 9.59. The molecule has 4 nitrogen and oxygen atoms in total. The minimum Gasteiger partial charge on any atom is -0.339 e. The summed E-state index contributed by atoms with van der Waals surface area (Å²) in [4.78, 5) is 12.2. The van der Waals surface area contributed by atoms with Gasteiger partial charge in [-0.05, 0) is 42.1 Å². The fourth-order valence-electron chi connectivity index (χ4n) is 1.99. The summed E-state index contributed by atoms with van der Waals surface area (Å²) in [5.74, 6) is -0.451. The molecule has 0 radical (unpaired) electrons. The quantitative estimate of drug-likeness (QED) is 0.249. The Hall–Kier alpha value is -1.50. The maximum absolute atomic E-state index is 12.2. The van der Waals surface area contributed by atoms with Crippen molar-refractivity contribution in [3.63, 3.8) is 0 Å². The van der Waals surface area contributed by atoms with Crippen molar-refractivity contribution in [1.82, 2.24) is 10.6 Å². The summed E-state index contributed by atoms with van der Waals surface area (Å²) >= 11 is 29.0. The highest BCUT2D eigenvalue weighted by Crippen LogP contribution is 2.29. The molecule has 0 saturated carbocycles. The van der Waals surface area contributed by atoms with Gasteiger partial charge in [-0.2, -0.15) is 0 Å². The number of amides is 1. The molecule has 3 N–H and O–H groups in total. The van der Waals surface area contributed by atoms with Gasteiger partial charge in [0.25, 0.3) is 0 Å². The van der Waals surface area contributed by atoms with Crippen LogP contribution in [0.5, 0.6) is 0 Å². The SMILES string of the molecule is O=C(/C=C\c1ccccc1)N[C@H](NC(=S)Nc1cccc(Cl)c1)C(Cl)(Cl)Cl. The Kier molecular flexibility index (Phi) is 8.20. The van der Waals surface area contributed by atoms with Crippen molar-refractivity contribution >= 4 is 81.4 Å². The molecule has 0 fully saturated rings. The predicted molar refractivity (Wildman–Crippen MR) is 119 cm³/mol. The van der Waals surface area contributed by atoms with E-state index in [9.17, 15) is 4.79 Å². The number of hydrogen-bond acceptors (Lipinski definition) is 2. The number of rotatable bonds is 5. The standard InChI is InChI=1S/C18H15Cl4N3OS/c19-13-7-4-8-14(11-13)23-17(27)25-16(18(20,21)22)24-15(26)10-9-12-5-2-1-3-6-12/h1-11,16H,(H,24,26)(H2,23,25,27)/b10-9-/t16-/m1/s1. The molecule has 2 aromatic rings. The van der Waals surface area contributed by atoms with Crippen molar-refractivity contribution in [3.8, 4) is 0 Å². The molecule has 2 rings (SSSR count). The monoisotopic (exact) mass is 461 g/mol. The first-order chi connectivity index (χ1) is 12.7. The van der Waals surface area contributed by atoms with Crippen LogP contribution in [0.1, 0.15) is 5.56 Å². The van der Waals surface area contributed by atoms with E-state index in [0.717, 1.165) is 5.56 Å². The average Bonchev–Trinajstić information content (AvgIpc) is 2.59. The van der Waals surface area contributed by atoms with E-state index < -0.39 is 15.9 Å². The van der Waals surface area contributed by atoms with Crippen molar-refractivity contribution < 1.29 is 4.79 Å². The van der Waals surface area contributed by atoms with Crippen molar-refractivity contribution in [2.24, 2.45) is 0 Å². The number of thiocarbonyl (C=S) groups is 1. The van der Waals surface area contributed by atoms with Crippen LogP contribution in [0, 0.1) is 0 Å². The van der Waals surface area contributed by atoms with E-state index in [4.69, 9.17) is 58.6 Å². The molecule has 0 bridgehead atoms. The molecule has 1 atom stereocenters. The van der Waals surface area contributed by atoms with Gasteiger partial charge in [0, 0.05) is 16.8 Å². The molecule has 142 valence electrons. The van der Waals surface area contributed by atoms with Crippen molar-refractivity contribution in [2.75, 3.05) is 5.32 Å². The molecule has 0 aliphatic heterocycles. The number of anilines is 1. The number of hydrogen-bond donors (Lipinski definition) is 3. The molecule has 0 heterocycles. The van der Waals surface area contributed by atoms with Gasteiger partial charge in [-0.1, -0.05) is 82.8 Å². The van der Waals surface area contributed by atoms with Crippen LogP contribution < -0.4 is 16.0 Å². The number of carbonyl (C=O) groups excluding carboxylic acids is 1. The molecule has 0 unspecified atom stereocenters. The van der Waals surface area contributed by atoms with E-state index in [1.807, 2.05) is 30.3 Å². The fraction of sp³-hybridized carbons (Fsp3) is 0.111. The van der Waals surface area contributed by atoms with Crippen LogP contribution in [0.4, 0.5) is 5.69 Å². The van der Waals surface area contributed by atoms with Gasteiger partial charge in [0.15, 0.2) is 5.11 Å². The molecule has 0 aliphatic rings. The minimum absolute atomic E-state index is 0.154. The summed E-state index contributed by atoms with van der Waals surface area (Å²) in [7, 11) is 0. The van der Waals surface area contributed by atoms with Crippen LogP contribution in [-0.2, 0) is 4.79 Å². The average molecular weight is 463 g/mol. The second kappa shape index (κ2) is 10.2. The van der Waals surface area contributed by atoms with Gasteiger partial charge in [0.05, 0.1) is 0 Å². The highest BCUT2D eigenvalue weighted by atomic mass is 35.6. The molecular formula is C18H15Cl4N3OS. The first kappa shape index (κ1) is 21.8. The van der Waals surface area contributed by atoms with Gasteiger partial charge in [-0.25, -0.2) is 0 Å². The molecule has 0 spiro atoms. The van der Waals surface area contributed by atoms with Gasteiger partial charge in [0.2, 0.25) is 9.70 Å². The summed E-state index contributed by atoms with van der Waals surface area (Å²) in [6.45, 7) is 0. The van der Waals surface area contributed by atoms with E-state index in [0.29, 0.717) is 10.7 Å². The second-order valence-corrected chi connectivity index (χ2v) is 8.55. The lowest BCUT2D eigenvalue weighted by Gasteiger charge is -2.27. The summed E-state index contributed by atoms with van der Waals surface area (Å²) in [5.41, 5.74) is 1.52. The molecule has 1 amide bonds. The van der Waals surface area contributed by atoms with Crippen molar-refractivity contribution in [2.45, 2.75) is 9.96 Å². The van der Waals surface area contributed by atoms with Gasteiger partial charge < -0.3 is 16.0 Å². The molecule has 0 aromatic heterocycles. The normalized spacial score (nSPS) is 12.4. The van der Waals surface area contributed by atoms with Gasteiger partial charge in [-0.3, -0.25) is 4.79 Å². The molecule has 2 aromatic carbocycles. The van der Waals surface area contributed by atoms with Gasteiger partial charge in [0.1, 0.15) is 6.17 Å². The largest absolute Gasteiger partial charge is 0.339 e. The van der Waals surface area contributed by atoms with Crippen LogP contribution in [0.2, 0.25) is 5.02 Å². The first-order valence-electron chi connectivity index (χ1n) is 7.67. The van der Waals surface area contributed by atoms with Crippen LogP contribution in [0.25, 0.3) is 6.08 Å². The molecule has 0 saturated heterocycles. The lowest BCUT2D eigenvalue weighted by Crippen LogP contribution is -2.55. The number of benzene rings is 2. The van der Waals surface area contributed by atoms with Crippen molar-refractivity contribution in [1.29, 1.82) is 0 Å². The number of alkyl halides is 3. The Morgan fingerprint density at radius 2 is 1.74 bits per heavy atom. The second-order valence-electron chi connectivity index (χ2n) is 5.34. The highest BCUT2D eigenvalue weighted by molar-refractivity contribution is 7.80. The van der Waals surface area contributed by atoms with Crippen LogP contribution in [0.15, 0.2) is 60.7 Å². The van der Waals surface area contributed by atoms with Crippen molar-refractivity contribution in [3.05, 3.63) is 71.3 Å². The highest BCUT2D eigenvalue weighted by Gasteiger charge is 2.34. The summed E-state index contributed by atoms with van der Waals surface area (Å²) in [6.07, 6.45) is 1.93. The zero-order valence-electron chi connectivity index (χ0n) is 13.8. The maximum Gasteiger partial charge on any atom is 0.245 e. The molecule has 27 heavy (non-hydrogen) atoms. The Bertz CT molecular complexity index is 825. The van der Waals surface area contributed by atoms with Crippen LogP contribution in [-0.4, -0.2) is 21.0 Å². The number of halogens is 4. The zero-order chi connectivity index (χ0) is 19.9. The Balaban J connectivity index is 1.99. The summed E-state index contributed by atoms with van der Waals surface area (Å²) < 4.78 is -1.84. The molecule has 0 aliphatic carbocycles. The Labute approximate surface area is 182 Å². The predicted octanol–water partition coefficient (Wildman–Crippen LogP) is 5.15.